The van der Waals surface area contributed by atoms with Crippen LogP contribution in [0.15, 0.2) is 24.3 Å². The van der Waals surface area contributed by atoms with Crippen molar-refractivity contribution in [2.75, 3.05) is 45.6 Å². The SMILES string of the molecule is CN(CCNc1ccc(F)cc1)CC1CCCN1C. The summed E-state index contributed by atoms with van der Waals surface area (Å²) >= 11 is 0. The number of nitrogens with zero attached hydrogens (tertiary/aromatic N) is 2. The Morgan fingerprint density at radius 1 is 1.37 bits per heavy atom. The molecule has 1 atom stereocenters. The molecular formula is C15H24FN3. The van der Waals surface area contributed by atoms with Gasteiger partial charge in [0.25, 0.3) is 0 Å². The molecule has 0 saturated carbocycles. The number of rotatable bonds is 6. The molecular weight excluding hydrogens is 241 g/mol. The van der Waals surface area contributed by atoms with Crippen LogP contribution in [0.2, 0.25) is 0 Å². The summed E-state index contributed by atoms with van der Waals surface area (Å²) < 4.78 is 12.8. The van der Waals surface area contributed by atoms with Crippen molar-refractivity contribution in [3.05, 3.63) is 30.1 Å². The number of anilines is 1. The summed E-state index contributed by atoms with van der Waals surface area (Å²) in [5.74, 6) is -0.188. The van der Waals surface area contributed by atoms with Gasteiger partial charge >= 0.3 is 0 Å². The van der Waals surface area contributed by atoms with E-state index >= 15 is 0 Å². The summed E-state index contributed by atoms with van der Waals surface area (Å²) in [6, 6.07) is 7.23. The molecule has 1 aromatic carbocycles. The van der Waals surface area contributed by atoms with Gasteiger partial charge in [0.2, 0.25) is 0 Å². The largest absolute Gasteiger partial charge is 0.384 e. The van der Waals surface area contributed by atoms with E-state index in [0.717, 1.165) is 25.3 Å². The van der Waals surface area contributed by atoms with E-state index in [4.69, 9.17) is 0 Å². The van der Waals surface area contributed by atoms with Crippen LogP contribution in [0.25, 0.3) is 0 Å². The maximum absolute atomic E-state index is 12.8. The third kappa shape index (κ3) is 4.48. The van der Waals surface area contributed by atoms with E-state index in [9.17, 15) is 4.39 Å². The van der Waals surface area contributed by atoms with E-state index < -0.39 is 0 Å². The summed E-state index contributed by atoms with van der Waals surface area (Å²) in [5, 5.41) is 3.32. The fourth-order valence-electron chi connectivity index (χ4n) is 2.62. The topological polar surface area (TPSA) is 18.5 Å². The summed E-state index contributed by atoms with van der Waals surface area (Å²) in [6.45, 7) is 4.24. The molecule has 1 heterocycles. The minimum Gasteiger partial charge on any atom is -0.384 e. The molecule has 2 rings (SSSR count). The van der Waals surface area contributed by atoms with Crippen LogP contribution in [0.1, 0.15) is 12.8 Å². The first kappa shape index (κ1) is 14.3. The molecule has 1 N–H and O–H groups in total. The van der Waals surface area contributed by atoms with Gasteiger partial charge in [-0.05, 0) is 57.7 Å². The van der Waals surface area contributed by atoms with E-state index in [-0.39, 0.29) is 5.82 Å². The highest BCUT2D eigenvalue weighted by atomic mass is 19.1. The molecule has 1 saturated heterocycles. The maximum atomic E-state index is 12.8. The smallest absolute Gasteiger partial charge is 0.123 e. The lowest BCUT2D eigenvalue weighted by Crippen LogP contribution is -2.38. The van der Waals surface area contributed by atoms with Gasteiger partial charge in [-0.15, -0.1) is 0 Å². The van der Waals surface area contributed by atoms with Crippen LogP contribution in [0.5, 0.6) is 0 Å². The zero-order valence-electron chi connectivity index (χ0n) is 11.9. The van der Waals surface area contributed by atoms with Gasteiger partial charge in [0.15, 0.2) is 0 Å². The summed E-state index contributed by atoms with van der Waals surface area (Å²) in [6.07, 6.45) is 2.63. The lowest BCUT2D eigenvalue weighted by Gasteiger charge is -2.25. The molecule has 1 aliphatic heterocycles. The van der Waals surface area contributed by atoms with Gasteiger partial charge in [0.05, 0.1) is 0 Å². The Hall–Kier alpha value is -1.13. The number of hydrogen-bond acceptors (Lipinski definition) is 3. The molecule has 4 heteroatoms. The van der Waals surface area contributed by atoms with Crippen LogP contribution in [-0.4, -0.2) is 56.1 Å². The number of benzene rings is 1. The summed E-state index contributed by atoms with van der Waals surface area (Å²) in [7, 11) is 4.38. The Morgan fingerprint density at radius 2 is 2.11 bits per heavy atom. The maximum Gasteiger partial charge on any atom is 0.123 e. The van der Waals surface area contributed by atoms with E-state index in [1.54, 1.807) is 12.1 Å². The first-order chi connectivity index (χ1) is 9.15. The number of halogens is 1. The van der Waals surface area contributed by atoms with Gasteiger partial charge in [-0.2, -0.15) is 0 Å². The van der Waals surface area contributed by atoms with Crippen LogP contribution in [0.4, 0.5) is 10.1 Å². The summed E-state index contributed by atoms with van der Waals surface area (Å²) in [5.41, 5.74) is 0.979. The third-order valence-electron chi connectivity index (χ3n) is 3.86. The monoisotopic (exact) mass is 265 g/mol. The molecule has 106 valence electrons. The van der Waals surface area contributed by atoms with Gasteiger partial charge in [-0.1, -0.05) is 0 Å². The van der Waals surface area contributed by atoms with Crippen molar-refractivity contribution < 1.29 is 4.39 Å². The highest BCUT2D eigenvalue weighted by molar-refractivity contribution is 5.42. The fourth-order valence-corrected chi connectivity index (χ4v) is 2.62. The number of nitrogens with one attached hydrogen (secondary N) is 1. The van der Waals surface area contributed by atoms with Crippen LogP contribution in [0, 0.1) is 5.82 Å². The second-order valence-electron chi connectivity index (χ2n) is 5.47. The van der Waals surface area contributed by atoms with Gasteiger partial charge in [-0.25, -0.2) is 4.39 Å². The predicted octanol–water partition coefficient (Wildman–Crippen LogP) is 2.26. The van der Waals surface area contributed by atoms with E-state index in [0.29, 0.717) is 6.04 Å². The lowest BCUT2D eigenvalue weighted by atomic mass is 10.2. The van der Waals surface area contributed by atoms with Crippen LogP contribution >= 0.6 is 0 Å². The minimum absolute atomic E-state index is 0.188. The molecule has 0 bridgehead atoms. The molecule has 1 aliphatic rings. The second-order valence-corrected chi connectivity index (χ2v) is 5.47. The van der Waals surface area contributed by atoms with Crippen LogP contribution in [-0.2, 0) is 0 Å². The Morgan fingerprint density at radius 3 is 2.74 bits per heavy atom. The average molecular weight is 265 g/mol. The highest BCUT2D eigenvalue weighted by Crippen LogP contribution is 2.15. The van der Waals surface area contributed by atoms with Crippen molar-refractivity contribution in [1.82, 2.24) is 9.80 Å². The van der Waals surface area contributed by atoms with Crippen LogP contribution in [0.3, 0.4) is 0 Å². The van der Waals surface area contributed by atoms with E-state index in [1.165, 1.54) is 31.5 Å². The molecule has 0 radical (unpaired) electrons. The number of hydrogen-bond donors (Lipinski definition) is 1. The number of likely N-dealkylation sites (N-methyl/N-ethyl adjacent to an activating group) is 2. The number of likely N-dealkylation sites (tertiary alicyclic amines) is 1. The zero-order valence-corrected chi connectivity index (χ0v) is 11.9. The Balaban J connectivity index is 1.66. The lowest BCUT2D eigenvalue weighted by molar-refractivity contribution is 0.224. The molecule has 0 amide bonds. The molecule has 0 spiro atoms. The van der Waals surface area contributed by atoms with E-state index in [1.807, 2.05) is 0 Å². The molecule has 1 aromatic rings. The van der Waals surface area contributed by atoms with E-state index in [2.05, 4.69) is 29.2 Å². The molecule has 0 aliphatic carbocycles. The van der Waals surface area contributed by atoms with Crippen molar-refractivity contribution in [2.45, 2.75) is 18.9 Å². The first-order valence-corrected chi connectivity index (χ1v) is 7.03. The van der Waals surface area contributed by atoms with Crippen molar-refractivity contribution in [2.24, 2.45) is 0 Å². The summed E-state index contributed by atoms with van der Waals surface area (Å²) in [4.78, 5) is 4.81. The first-order valence-electron chi connectivity index (χ1n) is 7.03. The molecule has 1 unspecified atom stereocenters. The van der Waals surface area contributed by atoms with Gasteiger partial charge in [0, 0.05) is 31.4 Å². The third-order valence-corrected chi connectivity index (χ3v) is 3.86. The minimum atomic E-state index is -0.188. The molecule has 3 nitrogen and oxygen atoms in total. The molecule has 0 aromatic heterocycles. The Bertz CT molecular complexity index is 379. The predicted molar refractivity (Wildman–Crippen MR) is 78.0 cm³/mol. The highest BCUT2D eigenvalue weighted by Gasteiger charge is 2.21. The fraction of sp³-hybridized carbons (Fsp3) is 0.600. The Kier molecular flexibility index (Phi) is 5.16. The van der Waals surface area contributed by atoms with Crippen molar-refractivity contribution in [3.8, 4) is 0 Å². The second kappa shape index (κ2) is 6.87. The average Bonchev–Trinajstić information content (AvgIpc) is 2.78. The van der Waals surface area contributed by atoms with Gasteiger partial charge in [0.1, 0.15) is 5.82 Å². The van der Waals surface area contributed by atoms with Crippen molar-refractivity contribution >= 4 is 5.69 Å². The normalized spacial score (nSPS) is 20.1. The zero-order chi connectivity index (χ0) is 13.7. The van der Waals surface area contributed by atoms with Crippen LogP contribution < -0.4 is 5.32 Å². The van der Waals surface area contributed by atoms with Gasteiger partial charge < -0.3 is 15.1 Å². The van der Waals surface area contributed by atoms with Crippen molar-refractivity contribution in [3.63, 3.8) is 0 Å². The van der Waals surface area contributed by atoms with Gasteiger partial charge in [-0.3, -0.25) is 0 Å². The molecule has 1 fully saturated rings. The van der Waals surface area contributed by atoms with Crippen molar-refractivity contribution in [1.29, 1.82) is 0 Å². The quantitative estimate of drug-likeness (QED) is 0.851. The standard InChI is InChI=1S/C15H24FN3/c1-18(12-15-4-3-10-19(15)2)11-9-17-14-7-5-13(16)6-8-14/h5-8,15,17H,3-4,9-12H2,1-2H3. The Labute approximate surface area is 115 Å². The molecule has 19 heavy (non-hydrogen) atoms.